The first-order valence-corrected chi connectivity index (χ1v) is 5.60. The highest BCUT2D eigenvalue weighted by Crippen LogP contribution is 2.31. The van der Waals surface area contributed by atoms with Crippen molar-refractivity contribution >= 4 is 6.29 Å². The van der Waals surface area contributed by atoms with Crippen molar-refractivity contribution in [2.75, 3.05) is 20.1 Å². The van der Waals surface area contributed by atoms with E-state index in [0.717, 1.165) is 31.4 Å². The monoisotopic (exact) mass is 221 g/mol. The zero-order valence-corrected chi connectivity index (χ0v) is 9.40. The molecule has 2 nitrogen and oxygen atoms in total. The Kier molecular flexibility index (Phi) is 3.34. The van der Waals surface area contributed by atoms with Gasteiger partial charge in [-0.2, -0.15) is 0 Å². The van der Waals surface area contributed by atoms with Crippen molar-refractivity contribution in [2.45, 2.75) is 12.3 Å². The first-order chi connectivity index (χ1) is 7.70. The van der Waals surface area contributed by atoms with E-state index in [-0.39, 0.29) is 17.7 Å². The molecule has 1 heterocycles. The number of likely N-dealkylation sites (tertiary alicyclic amines) is 1. The van der Waals surface area contributed by atoms with Crippen LogP contribution in [0.5, 0.6) is 0 Å². The fourth-order valence-electron chi connectivity index (χ4n) is 2.41. The Morgan fingerprint density at radius 2 is 2.06 bits per heavy atom. The number of piperidine rings is 1. The number of nitrogens with zero attached hydrogens (tertiary/aromatic N) is 1. The summed E-state index contributed by atoms with van der Waals surface area (Å²) in [5, 5.41) is 0. The highest BCUT2D eigenvalue weighted by Gasteiger charge is 2.28. The zero-order valence-electron chi connectivity index (χ0n) is 9.40. The van der Waals surface area contributed by atoms with E-state index in [1.54, 1.807) is 12.1 Å². The third kappa shape index (κ3) is 2.30. The maximum absolute atomic E-state index is 12.8. The van der Waals surface area contributed by atoms with Crippen LogP contribution in [0.15, 0.2) is 24.3 Å². The van der Waals surface area contributed by atoms with Crippen molar-refractivity contribution in [3.05, 3.63) is 35.6 Å². The van der Waals surface area contributed by atoms with Crippen LogP contribution in [-0.4, -0.2) is 31.3 Å². The second-order valence-electron chi connectivity index (χ2n) is 4.51. The molecule has 0 bridgehead atoms. The molecule has 2 rings (SSSR count). The molecule has 1 aliphatic rings. The molecule has 3 heteroatoms. The van der Waals surface area contributed by atoms with Crippen molar-refractivity contribution in [3.8, 4) is 0 Å². The molecular weight excluding hydrogens is 205 g/mol. The van der Waals surface area contributed by atoms with Gasteiger partial charge in [0.15, 0.2) is 0 Å². The fraction of sp³-hybridized carbons (Fsp3) is 0.462. The molecule has 2 atom stereocenters. The van der Waals surface area contributed by atoms with Gasteiger partial charge in [0.2, 0.25) is 0 Å². The Hall–Kier alpha value is -1.22. The van der Waals surface area contributed by atoms with Gasteiger partial charge in [0.05, 0.1) is 0 Å². The number of rotatable bonds is 2. The summed E-state index contributed by atoms with van der Waals surface area (Å²) in [4.78, 5) is 13.2. The molecule has 1 saturated heterocycles. The molecular formula is C13H16FNO. The largest absolute Gasteiger partial charge is 0.306 e. The lowest BCUT2D eigenvalue weighted by atomic mass is 9.81. The lowest BCUT2D eigenvalue weighted by Crippen LogP contribution is -2.37. The van der Waals surface area contributed by atoms with E-state index in [9.17, 15) is 9.18 Å². The Balaban J connectivity index is 2.19. The first-order valence-electron chi connectivity index (χ1n) is 5.60. The van der Waals surface area contributed by atoms with Gasteiger partial charge < -0.3 is 9.69 Å². The van der Waals surface area contributed by atoms with Crippen molar-refractivity contribution in [2.24, 2.45) is 5.92 Å². The second-order valence-corrected chi connectivity index (χ2v) is 4.51. The van der Waals surface area contributed by atoms with Crippen molar-refractivity contribution in [3.63, 3.8) is 0 Å². The summed E-state index contributed by atoms with van der Waals surface area (Å²) < 4.78 is 12.8. The van der Waals surface area contributed by atoms with Crippen molar-refractivity contribution in [1.82, 2.24) is 4.90 Å². The van der Waals surface area contributed by atoms with Crippen molar-refractivity contribution < 1.29 is 9.18 Å². The summed E-state index contributed by atoms with van der Waals surface area (Å²) in [6.45, 7) is 1.79. The minimum Gasteiger partial charge on any atom is -0.306 e. The summed E-state index contributed by atoms with van der Waals surface area (Å²) in [6, 6.07) is 6.52. The Morgan fingerprint density at radius 1 is 1.38 bits per heavy atom. The molecule has 1 aliphatic heterocycles. The quantitative estimate of drug-likeness (QED) is 0.712. The topological polar surface area (TPSA) is 20.3 Å². The third-order valence-electron chi connectivity index (χ3n) is 3.33. The van der Waals surface area contributed by atoms with E-state index >= 15 is 0 Å². The van der Waals surface area contributed by atoms with Gasteiger partial charge in [0.25, 0.3) is 0 Å². The van der Waals surface area contributed by atoms with Crippen LogP contribution < -0.4 is 0 Å². The number of halogens is 1. The van der Waals surface area contributed by atoms with Gasteiger partial charge in [-0.25, -0.2) is 4.39 Å². The van der Waals surface area contributed by atoms with Gasteiger partial charge in [0.1, 0.15) is 12.1 Å². The maximum atomic E-state index is 12.8. The molecule has 1 fully saturated rings. The number of carbonyl (C=O) groups excluding carboxylic acids is 1. The standard InChI is InChI=1S/C13H16FNO/c1-15-7-6-13(11(8-15)9-16)10-2-4-12(14)5-3-10/h2-5,9,11,13H,6-8H2,1H3/t11-,13+/m1/s1. The van der Waals surface area contributed by atoms with Gasteiger partial charge in [-0.3, -0.25) is 0 Å². The van der Waals surface area contributed by atoms with E-state index in [0.29, 0.717) is 0 Å². The summed E-state index contributed by atoms with van der Waals surface area (Å²) in [5.74, 6) is 0.0536. The molecule has 0 spiro atoms. The summed E-state index contributed by atoms with van der Waals surface area (Å²) in [5.41, 5.74) is 1.08. The zero-order chi connectivity index (χ0) is 11.5. The van der Waals surface area contributed by atoms with Gasteiger partial charge in [-0.1, -0.05) is 12.1 Å². The fourth-order valence-corrected chi connectivity index (χ4v) is 2.41. The van der Waals surface area contributed by atoms with Crippen LogP contribution in [0.2, 0.25) is 0 Å². The molecule has 16 heavy (non-hydrogen) atoms. The predicted molar refractivity (Wildman–Crippen MR) is 60.8 cm³/mol. The van der Waals surface area contributed by atoms with E-state index in [1.807, 2.05) is 7.05 Å². The number of carbonyl (C=O) groups is 1. The highest BCUT2D eigenvalue weighted by atomic mass is 19.1. The molecule has 0 radical (unpaired) electrons. The highest BCUT2D eigenvalue weighted by molar-refractivity contribution is 5.56. The summed E-state index contributed by atoms with van der Waals surface area (Å²) in [7, 11) is 2.03. The van der Waals surface area contributed by atoms with Crippen LogP contribution in [0.4, 0.5) is 4.39 Å². The van der Waals surface area contributed by atoms with Crippen LogP contribution in [0.3, 0.4) is 0 Å². The maximum Gasteiger partial charge on any atom is 0.124 e. The molecule has 0 amide bonds. The second kappa shape index (κ2) is 4.74. The van der Waals surface area contributed by atoms with Crippen LogP contribution >= 0.6 is 0 Å². The molecule has 1 aromatic carbocycles. The minimum absolute atomic E-state index is 0.0317. The van der Waals surface area contributed by atoms with E-state index in [1.165, 1.54) is 12.1 Å². The van der Waals surface area contributed by atoms with E-state index < -0.39 is 0 Å². The normalized spacial score (nSPS) is 26.6. The summed E-state index contributed by atoms with van der Waals surface area (Å²) >= 11 is 0. The Bertz CT molecular complexity index is 363. The average molecular weight is 221 g/mol. The Labute approximate surface area is 95.1 Å². The van der Waals surface area contributed by atoms with Gasteiger partial charge in [-0.15, -0.1) is 0 Å². The molecule has 0 unspecified atom stereocenters. The molecule has 0 N–H and O–H groups in total. The number of hydrogen-bond acceptors (Lipinski definition) is 2. The lowest BCUT2D eigenvalue weighted by molar-refractivity contribution is -0.113. The number of aldehydes is 1. The molecule has 0 aromatic heterocycles. The van der Waals surface area contributed by atoms with Crippen LogP contribution in [0.1, 0.15) is 17.9 Å². The van der Waals surface area contributed by atoms with E-state index in [4.69, 9.17) is 0 Å². The van der Waals surface area contributed by atoms with Crippen LogP contribution in [0, 0.1) is 11.7 Å². The Morgan fingerprint density at radius 3 is 2.69 bits per heavy atom. The summed E-state index contributed by atoms with van der Waals surface area (Å²) in [6.07, 6.45) is 2.00. The van der Waals surface area contributed by atoms with Crippen LogP contribution in [-0.2, 0) is 4.79 Å². The molecule has 0 aliphatic carbocycles. The number of hydrogen-bond donors (Lipinski definition) is 0. The van der Waals surface area contributed by atoms with E-state index in [2.05, 4.69) is 4.90 Å². The third-order valence-corrected chi connectivity index (χ3v) is 3.33. The molecule has 1 aromatic rings. The number of benzene rings is 1. The van der Waals surface area contributed by atoms with Gasteiger partial charge in [0, 0.05) is 12.5 Å². The average Bonchev–Trinajstić information content (AvgIpc) is 2.30. The molecule has 0 saturated carbocycles. The first kappa shape index (κ1) is 11.3. The van der Waals surface area contributed by atoms with Gasteiger partial charge >= 0.3 is 0 Å². The van der Waals surface area contributed by atoms with Crippen molar-refractivity contribution in [1.29, 1.82) is 0 Å². The predicted octanol–water partition coefficient (Wildman–Crippen LogP) is 2.06. The molecule has 86 valence electrons. The lowest BCUT2D eigenvalue weighted by Gasteiger charge is -2.34. The SMILES string of the molecule is CN1CC[C@@H](c2ccc(F)cc2)[C@@H](C=O)C1. The van der Waals surface area contributed by atoms with Gasteiger partial charge in [-0.05, 0) is 43.6 Å². The minimum atomic E-state index is -0.223. The smallest absolute Gasteiger partial charge is 0.124 e. The van der Waals surface area contributed by atoms with Crippen LogP contribution in [0.25, 0.3) is 0 Å².